The van der Waals surface area contributed by atoms with Gasteiger partial charge < -0.3 is 4.57 Å². The minimum absolute atomic E-state index is 0.0448. The van der Waals surface area contributed by atoms with E-state index < -0.39 is 0 Å². The molecule has 3 rings (SSSR count). The number of aldehydes is 1. The summed E-state index contributed by atoms with van der Waals surface area (Å²) in [5.41, 5.74) is 6.03. The summed E-state index contributed by atoms with van der Waals surface area (Å²) < 4.78 is 1.89. The molecule has 1 unspecified atom stereocenters. The first-order valence-electron chi connectivity index (χ1n) is 6.78. The first-order chi connectivity index (χ1) is 10.2. The van der Waals surface area contributed by atoms with Crippen molar-refractivity contribution in [1.29, 1.82) is 0 Å². The lowest BCUT2D eigenvalue weighted by Crippen LogP contribution is -2.31. The van der Waals surface area contributed by atoms with E-state index in [-0.39, 0.29) is 11.8 Å². The number of rotatable bonds is 3. The van der Waals surface area contributed by atoms with Gasteiger partial charge in [0.2, 0.25) is 5.91 Å². The Labute approximate surface area is 122 Å². The number of hydrazone groups is 1. The fourth-order valence-electron chi connectivity index (χ4n) is 2.45. The van der Waals surface area contributed by atoms with E-state index in [1.165, 1.54) is 0 Å². The maximum atomic E-state index is 11.3. The number of hydrogen-bond donors (Lipinski definition) is 1. The van der Waals surface area contributed by atoms with Crippen LogP contribution in [0.25, 0.3) is 5.69 Å². The lowest BCUT2D eigenvalue weighted by molar-refractivity contribution is -0.121. The number of benzene rings is 1. The first-order valence-corrected chi connectivity index (χ1v) is 6.78. The molecule has 2 aromatic rings. The van der Waals surface area contributed by atoms with Crippen LogP contribution in [0.2, 0.25) is 0 Å². The SMILES string of the molecule is CC1CC(=O)NN=C1c1ccc(-n2ccc(C=O)c2)cc1. The molecule has 0 radical (unpaired) electrons. The van der Waals surface area contributed by atoms with Crippen LogP contribution in [0, 0.1) is 5.92 Å². The molecule has 0 spiro atoms. The lowest BCUT2D eigenvalue weighted by atomic mass is 9.94. The van der Waals surface area contributed by atoms with Crippen LogP contribution in [0.4, 0.5) is 0 Å². The fourth-order valence-corrected chi connectivity index (χ4v) is 2.45. The van der Waals surface area contributed by atoms with Crippen molar-refractivity contribution in [2.75, 3.05) is 0 Å². The van der Waals surface area contributed by atoms with Crippen molar-refractivity contribution in [2.45, 2.75) is 13.3 Å². The second kappa shape index (κ2) is 5.36. The molecule has 106 valence electrons. The Morgan fingerprint density at radius 1 is 1.29 bits per heavy atom. The third kappa shape index (κ3) is 2.63. The molecule has 0 aliphatic carbocycles. The van der Waals surface area contributed by atoms with Crippen LogP contribution in [-0.2, 0) is 4.79 Å². The largest absolute Gasteiger partial charge is 0.323 e. The third-order valence-corrected chi connectivity index (χ3v) is 3.57. The zero-order valence-electron chi connectivity index (χ0n) is 11.6. The molecule has 21 heavy (non-hydrogen) atoms. The maximum absolute atomic E-state index is 11.3. The summed E-state index contributed by atoms with van der Waals surface area (Å²) in [5.74, 6) is 0.0643. The molecule has 0 bridgehead atoms. The molecule has 1 aromatic heterocycles. The van der Waals surface area contributed by atoms with E-state index >= 15 is 0 Å². The Hall–Kier alpha value is -2.69. The molecular formula is C16H15N3O2. The van der Waals surface area contributed by atoms with Gasteiger partial charge in [-0.2, -0.15) is 5.10 Å². The van der Waals surface area contributed by atoms with Gasteiger partial charge in [0, 0.05) is 36.0 Å². The Morgan fingerprint density at radius 2 is 2.05 bits per heavy atom. The normalized spacial score (nSPS) is 18.0. The number of hydrogen-bond acceptors (Lipinski definition) is 3. The summed E-state index contributed by atoms with van der Waals surface area (Å²) in [6.07, 6.45) is 4.91. The summed E-state index contributed by atoms with van der Waals surface area (Å²) >= 11 is 0. The smallest absolute Gasteiger partial charge is 0.240 e. The minimum atomic E-state index is -0.0448. The van der Waals surface area contributed by atoms with Gasteiger partial charge in [0.15, 0.2) is 6.29 Å². The predicted octanol–water partition coefficient (Wildman–Crippen LogP) is 2.15. The number of nitrogens with one attached hydrogen (secondary N) is 1. The van der Waals surface area contributed by atoms with Crippen molar-refractivity contribution >= 4 is 17.9 Å². The number of amides is 1. The molecule has 5 heteroatoms. The van der Waals surface area contributed by atoms with Crippen LogP contribution >= 0.6 is 0 Å². The molecule has 0 saturated heterocycles. The summed E-state index contributed by atoms with van der Waals surface area (Å²) in [6, 6.07) is 9.65. The highest BCUT2D eigenvalue weighted by Gasteiger charge is 2.21. The summed E-state index contributed by atoms with van der Waals surface area (Å²) in [7, 11) is 0. The van der Waals surface area contributed by atoms with Crippen molar-refractivity contribution in [3.8, 4) is 5.69 Å². The van der Waals surface area contributed by atoms with Gasteiger partial charge in [-0.25, -0.2) is 5.43 Å². The van der Waals surface area contributed by atoms with E-state index in [0.717, 1.165) is 23.2 Å². The molecule has 1 aromatic carbocycles. The number of aromatic nitrogens is 1. The molecule has 1 amide bonds. The van der Waals surface area contributed by atoms with Gasteiger partial charge in [-0.15, -0.1) is 0 Å². The van der Waals surface area contributed by atoms with Gasteiger partial charge in [-0.1, -0.05) is 19.1 Å². The highest BCUT2D eigenvalue weighted by molar-refractivity contribution is 6.05. The standard InChI is InChI=1S/C16H15N3O2/c1-11-8-15(21)17-18-16(11)13-2-4-14(5-3-13)19-7-6-12(9-19)10-20/h2-7,9-11H,8H2,1H3,(H,17,21). The summed E-state index contributed by atoms with van der Waals surface area (Å²) in [4.78, 5) is 22.0. The third-order valence-electron chi connectivity index (χ3n) is 3.57. The maximum Gasteiger partial charge on any atom is 0.240 e. The summed E-state index contributed by atoms with van der Waals surface area (Å²) in [6.45, 7) is 1.99. The Bertz CT molecular complexity index is 713. The second-order valence-corrected chi connectivity index (χ2v) is 5.15. The van der Waals surface area contributed by atoms with Crippen LogP contribution in [0.15, 0.2) is 47.8 Å². The zero-order valence-corrected chi connectivity index (χ0v) is 11.6. The molecule has 0 saturated carbocycles. The van der Waals surface area contributed by atoms with Crippen LogP contribution in [0.5, 0.6) is 0 Å². The molecule has 0 fully saturated rings. The number of nitrogens with zero attached hydrogens (tertiary/aromatic N) is 2. The van der Waals surface area contributed by atoms with Gasteiger partial charge in [0.25, 0.3) is 0 Å². The lowest BCUT2D eigenvalue weighted by Gasteiger charge is -2.19. The Balaban J connectivity index is 1.87. The molecule has 1 aliphatic rings. The molecule has 1 atom stereocenters. The fraction of sp³-hybridized carbons (Fsp3) is 0.188. The van der Waals surface area contributed by atoms with E-state index in [4.69, 9.17) is 0 Å². The number of carbonyl (C=O) groups excluding carboxylic acids is 2. The van der Waals surface area contributed by atoms with E-state index in [1.54, 1.807) is 12.3 Å². The monoisotopic (exact) mass is 281 g/mol. The molecule has 2 heterocycles. The van der Waals surface area contributed by atoms with Gasteiger partial charge in [0.05, 0.1) is 5.71 Å². The zero-order chi connectivity index (χ0) is 14.8. The first kappa shape index (κ1) is 13.3. The molecule has 1 N–H and O–H groups in total. The topological polar surface area (TPSA) is 63.5 Å². The van der Waals surface area contributed by atoms with Crippen molar-refractivity contribution in [3.05, 3.63) is 53.9 Å². The highest BCUT2D eigenvalue weighted by atomic mass is 16.2. The molecule has 1 aliphatic heterocycles. The van der Waals surface area contributed by atoms with Crippen molar-refractivity contribution in [2.24, 2.45) is 11.0 Å². The van der Waals surface area contributed by atoms with E-state index in [1.807, 2.05) is 42.0 Å². The van der Waals surface area contributed by atoms with Crippen LogP contribution in [0.1, 0.15) is 29.3 Å². The van der Waals surface area contributed by atoms with Crippen molar-refractivity contribution < 1.29 is 9.59 Å². The average Bonchev–Trinajstić information content (AvgIpc) is 2.96. The van der Waals surface area contributed by atoms with Gasteiger partial charge in [-0.05, 0) is 23.8 Å². The van der Waals surface area contributed by atoms with Crippen LogP contribution < -0.4 is 5.43 Å². The average molecular weight is 281 g/mol. The summed E-state index contributed by atoms with van der Waals surface area (Å²) in [5, 5.41) is 4.15. The Kier molecular flexibility index (Phi) is 3.39. The van der Waals surface area contributed by atoms with E-state index in [9.17, 15) is 9.59 Å². The van der Waals surface area contributed by atoms with E-state index in [0.29, 0.717) is 12.0 Å². The number of carbonyl (C=O) groups is 2. The molecule has 5 nitrogen and oxygen atoms in total. The minimum Gasteiger partial charge on any atom is -0.323 e. The van der Waals surface area contributed by atoms with Crippen LogP contribution in [0.3, 0.4) is 0 Å². The Morgan fingerprint density at radius 3 is 2.67 bits per heavy atom. The van der Waals surface area contributed by atoms with Crippen LogP contribution in [-0.4, -0.2) is 22.5 Å². The van der Waals surface area contributed by atoms with Gasteiger partial charge in [0.1, 0.15) is 0 Å². The van der Waals surface area contributed by atoms with Crippen molar-refractivity contribution in [1.82, 2.24) is 9.99 Å². The predicted molar refractivity (Wildman–Crippen MR) is 79.6 cm³/mol. The van der Waals surface area contributed by atoms with Gasteiger partial charge >= 0.3 is 0 Å². The van der Waals surface area contributed by atoms with E-state index in [2.05, 4.69) is 10.5 Å². The quantitative estimate of drug-likeness (QED) is 0.876. The van der Waals surface area contributed by atoms with Gasteiger partial charge in [-0.3, -0.25) is 9.59 Å². The highest BCUT2D eigenvalue weighted by Crippen LogP contribution is 2.18. The second-order valence-electron chi connectivity index (χ2n) is 5.15. The molecular weight excluding hydrogens is 266 g/mol. The van der Waals surface area contributed by atoms with Crippen molar-refractivity contribution in [3.63, 3.8) is 0 Å².